The minimum absolute atomic E-state index is 0.171. The van der Waals surface area contributed by atoms with Gasteiger partial charge in [-0.3, -0.25) is 0 Å². The van der Waals surface area contributed by atoms with Crippen LogP contribution in [0.4, 0.5) is 0 Å². The Balaban J connectivity index is 2.53. The van der Waals surface area contributed by atoms with Gasteiger partial charge in [0.05, 0.1) is 0 Å². The predicted molar refractivity (Wildman–Crippen MR) is 49.9 cm³/mol. The molecule has 2 N–H and O–H groups in total. The highest BCUT2D eigenvalue weighted by atomic mass is 16.1. The zero-order valence-electron chi connectivity index (χ0n) is 7.94. The minimum atomic E-state index is 0.171. The average Bonchev–Trinajstić information content (AvgIpc) is 2.05. The fraction of sp³-hybridized carbons (Fsp3) is 0.900. The van der Waals surface area contributed by atoms with E-state index in [-0.39, 0.29) is 5.41 Å². The Kier molecular flexibility index (Phi) is 3.27. The van der Waals surface area contributed by atoms with Gasteiger partial charge in [-0.1, -0.05) is 19.3 Å². The van der Waals surface area contributed by atoms with E-state index in [0.29, 0.717) is 18.7 Å². The van der Waals surface area contributed by atoms with E-state index in [4.69, 9.17) is 5.73 Å². The third-order valence-electron chi connectivity index (χ3n) is 2.97. The van der Waals surface area contributed by atoms with Gasteiger partial charge in [0.2, 0.25) is 0 Å². The van der Waals surface area contributed by atoms with Gasteiger partial charge in [0.25, 0.3) is 0 Å². The second-order valence-corrected chi connectivity index (χ2v) is 4.14. The predicted octanol–water partition coefficient (Wildman–Crippen LogP) is 1.87. The lowest BCUT2D eigenvalue weighted by atomic mass is 9.71. The van der Waals surface area contributed by atoms with E-state index in [1.54, 1.807) is 6.92 Å². The van der Waals surface area contributed by atoms with Crippen LogP contribution in [0.5, 0.6) is 0 Å². The van der Waals surface area contributed by atoms with Crippen molar-refractivity contribution < 1.29 is 4.79 Å². The van der Waals surface area contributed by atoms with Gasteiger partial charge in [-0.25, -0.2) is 0 Å². The average molecular weight is 169 g/mol. The molecule has 0 unspecified atom stereocenters. The number of rotatable bonds is 3. The highest BCUT2D eigenvalue weighted by molar-refractivity contribution is 5.76. The van der Waals surface area contributed by atoms with Gasteiger partial charge in [-0.05, 0) is 31.7 Å². The molecule has 1 aliphatic rings. The summed E-state index contributed by atoms with van der Waals surface area (Å²) in [5.74, 6) is 0.294. The van der Waals surface area contributed by atoms with Gasteiger partial charge in [0.15, 0.2) is 0 Å². The molecular formula is C10H19NO. The number of nitrogens with two attached hydrogens (primary N) is 1. The zero-order chi connectivity index (χ0) is 9.03. The third kappa shape index (κ3) is 2.31. The first-order chi connectivity index (χ1) is 5.68. The van der Waals surface area contributed by atoms with Crippen LogP contribution < -0.4 is 5.73 Å². The molecule has 2 heteroatoms. The second-order valence-electron chi connectivity index (χ2n) is 4.14. The molecule has 0 radical (unpaired) electrons. The van der Waals surface area contributed by atoms with E-state index < -0.39 is 0 Å². The molecule has 0 aromatic rings. The Labute approximate surface area is 74.5 Å². The van der Waals surface area contributed by atoms with Crippen LogP contribution in [0.1, 0.15) is 45.4 Å². The lowest BCUT2D eigenvalue weighted by molar-refractivity contribution is -0.119. The number of ketones is 1. The summed E-state index contributed by atoms with van der Waals surface area (Å²) in [6.45, 7) is 2.36. The van der Waals surface area contributed by atoms with Crippen molar-refractivity contribution in [3.63, 3.8) is 0 Å². The number of hydrogen-bond acceptors (Lipinski definition) is 2. The van der Waals surface area contributed by atoms with E-state index in [1.165, 1.54) is 19.3 Å². The Morgan fingerprint density at radius 3 is 2.33 bits per heavy atom. The van der Waals surface area contributed by atoms with Crippen molar-refractivity contribution in [2.45, 2.75) is 45.4 Å². The van der Waals surface area contributed by atoms with Gasteiger partial charge < -0.3 is 10.5 Å². The van der Waals surface area contributed by atoms with Crippen LogP contribution in [0.25, 0.3) is 0 Å². The molecule has 0 aromatic heterocycles. The summed E-state index contributed by atoms with van der Waals surface area (Å²) in [6.07, 6.45) is 6.84. The number of carbonyl (C=O) groups is 1. The summed E-state index contributed by atoms with van der Waals surface area (Å²) in [5, 5.41) is 0. The minimum Gasteiger partial charge on any atom is -0.330 e. The fourth-order valence-corrected chi connectivity index (χ4v) is 2.28. The molecule has 0 spiro atoms. The molecular weight excluding hydrogens is 150 g/mol. The molecule has 0 aliphatic heterocycles. The highest BCUT2D eigenvalue weighted by Crippen LogP contribution is 2.38. The van der Waals surface area contributed by atoms with Crippen LogP contribution in [-0.2, 0) is 4.79 Å². The Morgan fingerprint density at radius 2 is 1.92 bits per heavy atom. The summed E-state index contributed by atoms with van der Waals surface area (Å²) in [7, 11) is 0. The van der Waals surface area contributed by atoms with E-state index in [1.807, 2.05) is 0 Å². The van der Waals surface area contributed by atoms with Crippen LogP contribution >= 0.6 is 0 Å². The van der Waals surface area contributed by atoms with E-state index in [2.05, 4.69) is 0 Å². The van der Waals surface area contributed by atoms with Gasteiger partial charge >= 0.3 is 0 Å². The number of hydrogen-bond donors (Lipinski definition) is 1. The van der Waals surface area contributed by atoms with Crippen LogP contribution in [0.2, 0.25) is 0 Å². The first kappa shape index (κ1) is 9.72. The summed E-state index contributed by atoms with van der Waals surface area (Å²) in [5.41, 5.74) is 5.91. The van der Waals surface area contributed by atoms with E-state index in [9.17, 15) is 4.79 Å². The molecule has 2 nitrogen and oxygen atoms in total. The molecule has 1 rings (SSSR count). The van der Waals surface area contributed by atoms with Crippen molar-refractivity contribution >= 4 is 5.78 Å². The van der Waals surface area contributed by atoms with Crippen molar-refractivity contribution in [3.8, 4) is 0 Å². The van der Waals surface area contributed by atoms with Crippen LogP contribution in [0.15, 0.2) is 0 Å². The summed E-state index contributed by atoms with van der Waals surface area (Å²) < 4.78 is 0. The Bertz CT molecular complexity index is 159. The molecule has 70 valence electrons. The lowest BCUT2D eigenvalue weighted by Gasteiger charge is -2.35. The van der Waals surface area contributed by atoms with Gasteiger partial charge in [0.1, 0.15) is 5.78 Å². The van der Waals surface area contributed by atoms with Crippen LogP contribution in [0, 0.1) is 5.41 Å². The molecule has 0 amide bonds. The number of carbonyl (C=O) groups excluding carboxylic acids is 1. The molecule has 12 heavy (non-hydrogen) atoms. The molecule has 0 heterocycles. The molecule has 1 saturated carbocycles. The zero-order valence-corrected chi connectivity index (χ0v) is 7.94. The first-order valence-corrected chi connectivity index (χ1v) is 4.88. The molecule has 0 aromatic carbocycles. The molecule has 0 saturated heterocycles. The standard InChI is InChI=1S/C10H19NO/c1-9(12)7-10(8-11)5-3-2-4-6-10/h2-8,11H2,1H3. The van der Waals surface area contributed by atoms with Gasteiger partial charge in [0, 0.05) is 6.42 Å². The van der Waals surface area contributed by atoms with Crippen LogP contribution in [-0.4, -0.2) is 12.3 Å². The SMILES string of the molecule is CC(=O)CC1(CN)CCCCC1. The maximum atomic E-state index is 11.0. The molecule has 0 bridgehead atoms. The maximum absolute atomic E-state index is 11.0. The second kappa shape index (κ2) is 4.04. The Morgan fingerprint density at radius 1 is 1.33 bits per heavy atom. The molecule has 1 aliphatic carbocycles. The van der Waals surface area contributed by atoms with E-state index >= 15 is 0 Å². The number of Topliss-reactive ketones (excluding diaryl/α,β-unsaturated/α-hetero) is 1. The van der Waals surface area contributed by atoms with Crippen molar-refractivity contribution in [1.29, 1.82) is 0 Å². The summed E-state index contributed by atoms with van der Waals surface area (Å²) >= 11 is 0. The van der Waals surface area contributed by atoms with Crippen molar-refractivity contribution in [2.24, 2.45) is 11.1 Å². The fourth-order valence-electron chi connectivity index (χ4n) is 2.28. The Hall–Kier alpha value is -0.370. The van der Waals surface area contributed by atoms with Gasteiger partial charge in [-0.15, -0.1) is 0 Å². The van der Waals surface area contributed by atoms with Crippen molar-refractivity contribution in [1.82, 2.24) is 0 Å². The normalized spacial score (nSPS) is 22.2. The molecule has 1 fully saturated rings. The smallest absolute Gasteiger partial charge is 0.130 e. The summed E-state index contributed by atoms with van der Waals surface area (Å²) in [6, 6.07) is 0. The van der Waals surface area contributed by atoms with Crippen molar-refractivity contribution in [3.05, 3.63) is 0 Å². The topological polar surface area (TPSA) is 43.1 Å². The largest absolute Gasteiger partial charge is 0.330 e. The first-order valence-electron chi connectivity index (χ1n) is 4.88. The monoisotopic (exact) mass is 169 g/mol. The lowest BCUT2D eigenvalue weighted by Crippen LogP contribution is -2.34. The van der Waals surface area contributed by atoms with E-state index in [0.717, 1.165) is 12.8 Å². The maximum Gasteiger partial charge on any atom is 0.130 e. The highest BCUT2D eigenvalue weighted by Gasteiger charge is 2.31. The molecule has 0 atom stereocenters. The third-order valence-corrected chi connectivity index (χ3v) is 2.97. The van der Waals surface area contributed by atoms with Crippen LogP contribution in [0.3, 0.4) is 0 Å². The summed E-state index contributed by atoms with van der Waals surface area (Å²) in [4.78, 5) is 11.0. The quantitative estimate of drug-likeness (QED) is 0.701. The van der Waals surface area contributed by atoms with Gasteiger partial charge in [-0.2, -0.15) is 0 Å². The van der Waals surface area contributed by atoms with Crippen molar-refractivity contribution in [2.75, 3.05) is 6.54 Å².